The first-order valence-corrected chi connectivity index (χ1v) is 7.18. The maximum absolute atomic E-state index is 11.6. The molecule has 0 atom stereocenters. The Hall–Kier alpha value is -2.49. The molecular formula is C17H19N3O. The Kier molecular flexibility index (Phi) is 3.77. The highest BCUT2D eigenvalue weighted by molar-refractivity contribution is 5.94. The maximum Gasteiger partial charge on any atom is 0.321 e. The summed E-state index contributed by atoms with van der Waals surface area (Å²) in [7, 11) is 0. The zero-order valence-corrected chi connectivity index (χ0v) is 12.1. The molecule has 0 saturated carbocycles. The van der Waals surface area contributed by atoms with Crippen molar-refractivity contribution in [2.24, 2.45) is 0 Å². The summed E-state index contributed by atoms with van der Waals surface area (Å²) in [6, 6.07) is 16.3. The normalized spacial score (nSPS) is 14.1. The van der Waals surface area contributed by atoms with Crippen LogP contribution in [0.5, 0.6) is 0 Å². The highest BCUT2D eigenvalue weighted by Crippen LogP contribution is 2.20. The van der Waals surface area contributed by atoms with Crippen molar-refractivity contribution in [3.8, 4) is 0 Å². The summed E-state index contributed by atoms with van der Waals surface area (Å²) >= 11 is 0. The van der Waals surface area contributed by atoms with E-state index in [1.807, 2.05) is 24.3 Å². The van der Waals surface area contributed by atoms with Gasteiger partial charge in [0.05, 0.1) is 0 Å². The van der Waals surface area contributed by atoms with Gasteiger partial charge in [-0.25, -0.2) is 4.79 Å². The molecule has 0 aromatic heterocycles. The van der Waals surface area contributed by atoms with Gasteiger partial charge in [-0.05, 0) is 42.3 Å². The Labute approximate surface area is 124 Å². The molecule has 0 radical (unpaired) electrons. The van der Waals surface area contributed by atoms with Crippen molar-refractivity contribution >= 4 is 17.4 Å². The van der Waals surface area contributed by atoms with Gasteiger partial charge in [-0.1, -0.05) is 24.3 Å². The van der Waals surface area contributed by atoms with Crippen LogP contribution in [0.3, 0.4) is 0 Å². The largest absolute Gasteiger partial charge is 0.381 e. The number of urea groups is 1. The second-order valence-corrected chi connectivity index (χ2v) is 5.21. The summed E-state index contributed by atoms with van der Waals surface area (Å²) in [6.07, 6.45) is 0. The van der Waals surface area contributed by atoms with Crippen LogP contribution in [0, 0.1) is 6.92 Å². The molecule has 1 aliphatic heterocycles. The molecule has 3 rings (SSSR count). The van der Waals surface area contributed by atoms with E-state index < -0.39 is 0 Å². The van der Waals surface area contributed by atoms with Gasteiger partial charge in [0.25, 0.3) is 0 Å². The van der Waals surface area contributed by atoms with Crippen LogP contribution >= 0.6 is 0 Å². The lowest BCUT2D eigenvalue weighted by molar-refractivity contribution is 0.252. The van der Waals surface area contributed by atoms with Crippen LogP contribution in [0.25, 0.3) is 0 Å². The molecular weight excluding hydrogens is 262 g/mol. The third-order valence-electron chi connectivity index (χ3n) is 3.78. The number of hydrogen-bond acceptors (Lipinski definition) is 2. The van der Waals surface area contributed by atoms with E-state index in [2.05, 4.69) is 41.8 Å². The molecule has 2 aromatic carbocycles. The number of carbonyl (C=O) groups excluding carboxylic acids is 1. The standard InChI is InChI=1S/C17H19N3O/c1-13-4-2-3-5-14(13)12-19-15-6-8-16(9-7-15)20-11-10-18-17(20)21/h2-9,19H,10-12H2,1H3,(H,18,21). The number of nitrogens with one attached hydrogen (secondary N) is 2. The Morgan fingerprint density at radius 1 is 1.14 bits per heavy atom. The molecule has 1 heterocycles. The summed E-state index contributed by atoms with van der Waals surface area (Å²) in [4.78, 5) is 13.4. The van der Waals surface area contributed by atoms with E-state index in [4.69, 9.17) is 0 Å². The van der Waals surface area contributed by atoms with E-state index in [0.29, 0.717) is 6.54 Å². The SMILES string of the molecule is Cc1ccccc1CNc1ccc(N2CCNC2=O)cc1. The quantitative estimate of drug-likeness (QED) is 0.904. The summed E-state index contributed by atoms with van der Waals surface area (Å²) in [5.41, 5.74) is 4.57. The van der Waals surface area contributed by atoms with Crippen molar-refractivity contribution in [1.29, 1.82) is 0 Å². The minimum Gasteiger partial charge on any atom is -0.381 e. The van der Waals surface area contributed by atoms with Gasteiger partial charge in [-0.3, -0.25) is 4.90 Å². The predicted octanol–water partition coefficient (Wildman–Crippen LogP) is 3.14. The number of aryl methyl sites for hydroxylation is 1. The van der Waals surface area contributed by atoms with Gasteiger partial charge in [-0.15, -0.1) is 0 Å². The molecule has 108 valence electrons. The summed E-state index contributed by atoms with van der Waals surface area (Å²) in [5.74, 6) is 0. The first-order valence-electron chi connectivity index (χ1n) is 7.18. The van der Waals surface area contributed by atoms with Gasteiger partial charge < -0.3 is 10.6 Å². The van der Waals surface area contributed by atoms with Gasteiger partial charge in [0.2, 0.25) is 0 Å². The molecule has 4 nitrogen and oxygen atoms in total. The first-order chi connectivity index (χ1) is 10.2. The van der Waals surface area contributed by atoms with Crippen LogP contribution in [-0.4, -0.2) is 19.1 Å². The molecule has 1 aliphatic rings. The Morgan fingerprint density at radius 3 is 2.57 bits per heavy atom. The first kappa shape index (κ1) is 13.5. The number of anilines is 2. The lowest BCUT2D eigenvalue weighted by Crippen LogP contribution is -2.27. The zero-order chi connectivity index (χ0) is 14.7. The Bertz CT molecular complexity index is 637. The van der Waals surface area contributed by atoms with Crippen LogP contribution in [0.15, 0.2) is 48.5 Å². The molecule has 0 bridgehead atoms. The fraction of sp³-hybridized carbons (Fsp3) is 0.235. The molecule has 0 unspecified atom stereocenters. The monoisotopic (exact) mass is 281 g/mol. The third kappa shape index (κ3) is 2.99. The van der Waals surface area contributed by atoms with Crippen LogP contribution in [0.2, 0.25) is 0 Å². The number of amides is 2. The second-order valence-electron chi connectivity index (χ2n) is 5.21. The Morgan fingerprint density at radius 2 is 1.90 bits per heavy atom. The fourth-order valence-electron chi connectivity index (χ4n) is 2.48. The number of carbonyl (C=O) groups is 1. The number of nitrogens with zero attached hydrogens (tertiary/aromatic N) is 1. The third-order valence-corrected chi connectivity index (χ3v) is 3.78. The number of rotatable bonds is 4. The van der Waals surface area contributed by atoms with E-state index in [1.54, 1.807) is 4.90 Å². The van der Waals surface area contributed by atoms with Gasteiger partial charge in [0, 0.05) is 31.0 Å². The van der Waals surface area contributed by atoms with Crippen molar-refractivity contribution in [3.05, 3.63) is 59.7 Å². The molecule has 0 spiro atoms. The van der Waals surface area contributed by atoms with Crippen LogP contribution in [0.4, 0.5) is 16.2 Å². The van der Waals surface area contributed by atoms with E-state index in [1.165, 1.54) is 11.1 Å². The molecule has 2 aromatic rings. The molecule has 4 heteroatoms. The predicted molar refractivity (Wildman–Crippen MR) is 85.7 cm³/mol. The van der Waals surface area contributed by atoms with Crippen molar-refractivity contribution in [2.75, 3.05) is 23.3 Å². The second kappa shape index (κ2) is 5.87. The Balaban J connectivity index is 1.65. The van der Waals surface area contributed by atoms with E-state index in [0.717, 1.165) is 24.5 Å². The van der Waals surface area contributed by atoms with Gasteiger partial charge in [0.1, 0.15) is 0 Å². The zero-order valence-electron chi connectivity index (χ0n) is 12.1. The van der Waals surface area contributed by atoms with Gasteiger partial charge in [-0.2, -0.15) is 0 Å². The number of hydrogen-bond donors (Lipinski definition) is 2. The lowest BCUT2D eigenvalue weighted by Gasteiger charge is -2.15. The minimum atomic E-state index is -0.0179. The average Bonchev–Trinajstić information content (AvgIpc) is 2.93. The summed E-state index contributed by atoms with van der Waals surface area (Å²) < 4.78 is 0. The topological polar surface area (TPSA) is 44.4 Å². The van der Waals surface area contributed by atoms with Crippen molar-refractivity contribution in [1.82, 2.24) is 5.32 Å². The maximum atomic E-state index is 11.6. The number of benzene rings is 2. The van der Waals surface area contributed by atoms with Crippen molar-refractivity contribution < 1.29 is 4.79 Å². The highest BCUT2D eigenvalue weighted by Gasteiger charge is 2.20. The molecule has 1 fully saturated rings. The summed E-state index contributed by atoms with van der Waals surface area (Å²) in [5, 5.41) is 6.22. The van der Waals surface area contributed by atoms with Crippen LogP contribution < -0.4 is 15.5 Å². The van der Waals surface area contributed by atoms with E-state index >= 15 is 0 Å². The fourth-order valence-corrected chi connectivity index (χ4v) is 2.48. The van der Waals surface area contributed by atoms with Gasteiger partial charge in [0.15, 0.2) is 0 Å². The lowest BCUT2D eigenvalue weighted by atomic mass is 10.1. The van der Waals surface area contributed by atoms with Gasteiger partial charge >= 0.3 is 6.03 Å². The van der Waals surface area contributed by atoms with E-state index in [9.17, 15) is 4.79 Å². The van der Waals surface area contributed by atoms with Crippen molar-refractivity contribution in [3.63, 3.8) is 0 Å². The van der Waals surface area contributed by atoms with E-state index in [-0.39, 0.29) is 6.03 Å². The average molecular weight is 281 g/mol. The minimum absolute atomic E-state index is 0.0179. The molecule has 21 heavy (non-hydrogen) atoms. The van der Waals surface area contributed by atoms with Crippen LogP contribution in [-0.2, 0) is 6.54 Å². The molecule has 0 aliphatic carbocycles. The smallest absolute Gasteiger partial charge is 0.321 e. The molecule has 2 amide bonds. The molecule has 1 saturated heterocycles. The van der Waals surface area contributed by atoms with Crippen LogP contribution in [0.1, 0.15) is 11.1 Å². The van der Waals surface area contributed by atoms with Crippen molar-refractivity contribution in [2.45, 2.75) is 13.5 Å². The highest BCUT2D eigenvalue weighted by atomic mass is 16.2. The molecule has 2 N–H and O–H groups in total. The summed E-state index contributed by atoms with van der Waals surface area (Å²) in [6.45, 7) is 4.36.